The molecule has 3 fully saturated rings. The Hall–Kier alpha value is -5.36. The van der Waals surface area contributed by atoms with Crippen molar-refractivity contribution in [3.63, 3.8) is 0 Å². The minimum atomic E-state index is -0.453. The summed E-state index contributed by atoms with van der Waals surface area (Å²) in [7, 11) is 2.20. The van der Waals surface area contributed by atoms with Crippen molar-refractivity contribution in [2.75, 3.05) is 122 Å². The Kier molecular flexibility index (Phi) is 21.5. The lowest BCUT2D eigenvalue weighted by Crippen LogP contribution is -2.51. The van der Waals surface area contributed by atoms with E-state index in [-0.39, 0.29) is 29.9 Å². The number of carbonyl (C=O) groups excluding carboxylic acids is 3. The number of piperidine rings is 1. The Morgan fingerprint density at radius 2 is 1.41 bits per heavy atom. The average molecular weight is 1120 g/mol. The van der Waals surface area contributed by atoms with Crippen molar-refractivity contribution in [3.8, 4) is 5.75 Å². The number of piperazine rings is 1. The average Bonchev–Trinajstić information content (AvgIpc) is 3.82. The summed E-state index contributed by atoms with van der Waals surface area (Å²) in [4.78, 5) is 51.1. The van der Waals surface area contributed by atoms with E-state index in [9.17, 15) is 14.4 Å². The zero-order valence-electron chi connectivity index (χ0n) is 47.8. The molecule has 0 bridgehead atoms. The van der Waals surface area contributed by atoms with Gasteiger partial charge >= 0.3 is 0 Å². The molecule has 432 valence electrons. The summed E-state index contributed by atoms with van der Waals surface area (Å²) in [6.07, 6.45) is 8.27. The van der Waals surface area contributed by atoms with Crippen molar-refractivity contribution < 1.29 is 42.8 Å². The Morgan fingerprint density at radius 3 is 2.06 bits per heavy atom. The van der Waals surface area contributed by atoms with Crippen molar-refractivity contribution in [2.24, 2.45) is 5.92 Å². The zero-order chi connectivity index (χ0) is 56.0. The Morgan fingerprint density at radius 1 is 0.762 bits per heavy atom. The first kappa shape index (κ1) is 59.3. The van der Waals surface area contributed by atoms with Gasteiger partial charge in [0.1, 0.15) is 11.8 Å². The third kappa shape index (κ3) is 15.6. The molecule has 15 nitrogen and oxygen atoms in total. The number of hydrogen-bond donors (Lipinski definition) is 1. The lowest BCUT2D eigenvalue weighted by atomic mass is 9.84. The van der Waals surface area contributed by atoms with Gasteiger partial charge in [-0.1, -0.05) is 48.5 Å². The van der Waals surface area contributed by atoms with Crippen molar-refractivity contribution in [2.45, 2.75) is 109 Å². The molecule has 0 spiro atoms. The summed E-state index contributed by atoms with van der Waals surface area (Å²) in [5, 5.41) is 3.47. The van der Waals surface area contributed by atoms with Gasteiger partial charge in [0.2, 0.25) is 11.8 Å². The summed E-state index contributed by atoms with van der Waals surface area (Å²) in [5.41, 5.74) is 9.79. The molecule has 5 aliphatic rings. The second-order valence-electron chi connectivity index (χ2n) is 22.5. The second-order valence-corrected chi connectivity index (χ2v) is 23.0. The highest BCUT2D eigenvalue weighted by Gasteiger charge is 2.39. The smallest absolute Gasteiger partial charge is 0.255 e. The van der Waals surface area contributed by atoms with E-state index < -0.39 is 6.04 Å². The van der Waals surface area contributed by atoms with E-state index in [2.05, 4.69) is 83.0 Å². The molecule has 1 saturated carbocycles. The maximum absolute atomic E-state index is 14.1. The maximum Gasteiger partial charge on any atom is 0.255 e. The first-order valence-electron chi connectivity index (χ1n) is 29.3. The Balaban J connectivity index is 0.577. The zero-order valence-corrected chi connectivity index (χ0v) is 48.5. The van der Waals surface area contributed by atoms with Crippen LogP contribution in [0.25, 0.3) is 0 Å². The fourth-order valence-electron chi connectivity index (χ4n) is 12.3. The number of rotatable bonds is 28. The molecule has 4 aliphatic heterocycles. The number of aryl methyl sites for hydroxylation is 2. The number of nitrogens with one attached hydrogen (secondary N) is 1. The number of halogens is 1. The number of fused-ring (bicyclic) bond motifs is 2. The van der Waals surface area contributed by atoms with Crippen LogP contribution in [0.15, 0.2) is 91.1 Å². The van der Waals surface area contributed by atoms with Crippen molar-refractivity contribution in [1.82, 2.24) is 20.0 Å². The van der Waals surface area contributed by atoms with Crippen LogP contribution in [-0.4, -0.2) is 163 Å². The van der Waals surface area contributed by atoms with E-state index in [0.717, 1.165) is 103 Å². The highest BCUT2D eigenvalue weighted by Crippen LogP contribution is 2.43. The van der Waals surface area contributed by atoms with Crippen LogP contribution >= 0.6 is 11.6 Å². The van der Waals surface area contributed by atoms with Gasteiger partial charge in [-0.2, -0.15) is 0 Å². The predicted molar refractivity (Wildman–Crippen MR) is 314 cm³/mol. The van der Waals surface area contributed by atoms with Gasteiger partial charge < -0.3 is 48.4 Å². The molecule has 4 aromatic rings. The fraction of sp³-hybridized carbons (Fsp3) is 0.547. The molecule has 80 heavy (non-hydrogen) atoms. The molecule has 2 atom stereocenters. The van der Waals surface area contributed by atoms with E-state index in [0.29, 0.717) is 120 Å². The van der Waals surface area contributed by atoms with Gasteiger partial charge in [0.15, 0.2) is 0 Å². The molecule has 4 heterocycles. The second kappa shape index (κ2) is 29.1. The Labute approximate surface area is 479 Å². The molecule has 2 saturated heterocycles. The number of hydrogen-bond acceptors (Lipinski definition) is 12. The van der Waals surface area contributed by atoms with E-state index in [1.54, 1.807) is 4.90 Å². The lowest BCUT2D eigenvalue weighted by Gasteiger charge is -2.42. The van der Waals surface area contributed by atoms with Crippen LogP contribution in [0.5, 0.6) is 5.75 Å². The highest BCUT2D eigenvalue weighted by molar-refractivity contribution is 6.30. The fourth-order valence-corrected chi connectivity index (χ4v) is 12.4. The largest absolute Gasteiger partial charge is 0.491 e. The van der Waals surface area contributed by atoms with Crippen LogP contribution in [0.4, 0.5) is 11.4 Å². The summed E-state index contributed by atoms with van der Waals surface area (Å²) < 4.78 is 35.0. The SMILES string of the molecule is C=C1CCC(N2Cc3c(CCCOCCOCCOCCOCCOCCN4CCN(C5CCC(CN(C)c6ccc(N7C(=O)Cc8cc(C)c(OC(C)C)cc8[C@@H]7c7ccc(Cl)cc7)cc6)CC5)CC4)cccc3C2=O)C(=O)N1. The number of carbonyl (C=O) groups is 3. The molecule has 1 aliphatic carbocycles. The van der Waals surface area contributed by atoms with Gasteiger partial charge in [-0.3, -0.25) is 24.2 Å². The van der Waals surface area contributed by atoms with Crippen molar-refractivity contribution in [1.29, 1.82) is 0 Å². The quantitative estimate of drug-likeness (QED) is 0.0544. The third-order valence-electron chi connectivity index (χ3n) is 16.6. The molecule has 3 amide bonds. The molecule has 9 rings (SSSR count). The Bertz CT molecular complexity index is 2690. The number of benzene rings is 4. The van der Waals surface area contributed by atoms with Gasteiger partial charge in [0.05, 0.1) is 78.0 Å². The van der Waals surface area contributed by atoms with E-state index in [4.69, 9.17) is 40.0 Å². The van der Waals surface area contributed by atoms with Crippen molar-refractivity contribution >= 4 is 40.7 Å². The van der Waals surface area contributed by atoms with E-state index >= 15 is 0 Å². The molecule has 1 N–H and O–H groups in total. The standard InChI is InChI=1S/C64H85ClN6O9/c1-45(2)80-60-42-57-51(40-46(60)3)41-61(72)71(62(57)50-14-16-52(65)17-15-50)55-22-20-53(21-23-55)67(5)43-48-12-18-54(19-13-48)69-27-25-68(26-28-69)29-31-76-33-35-78-37-39-79-38-36-77-34-32-75-30-7-9-49-8-6-10-56-58(49)44-70(64(56)74)59-24-11-47(4)66-63(59)73/h6,8,10,14-17,20-23,40,42,45,48,54,59,62H,4,7,9,11-13,18-19,24-39,41,43-44H2,1-3,5H3,(H,66,73)/t48?,54?,59?,62-/m0/s1. The van der Waals surface area contributed by atoms with Crippen LogP contribution in [0.1, 0.15) is 109 Å². The number of ether oxygens (including phenoxy) is 6. The van der Waals surface area contributed by atoms with Crippen LogP contribution < -0.4 is 19.9 Å². The lowest BCUT2D eigenvalue weighted by molar-refractivity contribution is -0.126. The normalized spacial score (nSPS) is 20.8. The van der Waals surface area contributed by atoms with Gasteiger partial charge in [-0.05, 0) is 160 Å². The topological polar surface area (TPSA) is 135 Å². The number of amides is 3. The van der Waals surface area contributed by atoms with E-state index in [1.807, 2.05) is 55.1 Å². The van der Waals surface area contributed by atoms with Gasteiger partial charge in [-0.15, -0.1) is 0 Å². The van der Waals surface area contributed by atoms with Crippen LogP contribution in [0, 0.1) is 12.8 Å². The number of allylic oxidation sites excluding steroid dienone is 1. The first-order valence-corrected chi connectivity index (χ1v) is 29.7. The van der Waals surface area contributed by atoms with Gasteiger partial charge in [0, 0.05) is 93.2 Å². The van der Waals surface area contributed by atoms with Gasteiger partial charge in [-0.25, -0.2) is 0 Å². The van der Waals surface area contributed by atoms with Crippen LogP contribution in [0.2, 0.25) is 5.02 Å². The van der Waals surface area contributed by atoms with Crippen LogP contribution in [0.3, 0.4) is 0 Å². The molecular formula is C64H85ClN6O9. The molecule has 0 aromatic heterocycles. The molecule has 16 heteroatoms. The first-order chi connectivity index (χ1) is 38.9. The van der Waals surface area contributed by atoms with Crippen LogP contribution in [-0.2, 0) is 52.7 Å². The molecule has 1 unspecified atom stereocenters. The number of nitrogens with zero attached hydrogens (tertiary/aromatic N) is 5. The summed E-state index contributed by atoms with van der Waals surface area (Å²) in [6.45, 7) is 22.3. The molecular weight excluding hydrogens is 1030 g/mol. The summed E-state index contributed by atoms with van der Waals surface area (Å²) in [5.74, 6) is 1.36. The molecule has 4 aromatic carbocycles. The monoisotopic (exact) mass is 1120 g/mol. The highest BCUT2D eigenvalue weighted by atomic mass is 35.5. The maximum atomic E-state index is 14.1. The van der Waals surface area contributed by atoms with Gasteiger partial charge in [0.25, 0.3) is 5.91 Å². The minimum Gasteiger partial charge on any atom is -0.491 e. The minimum absolute atomic E-state index is 0.0398. The molecule has 0 radical (unpaired) electrons. The van der Waals surface area contributed by atoms with E-state index in [1.165, 1.54) is 25.7 Å². The number of anilines is 2. The summed E-state index contributed by atoms with van der Waals surface area (Å²) >= 11 is 6.35. The third-order valence-corrected chi connectivity index (χ3v) is 16.8. The summed E-state index contributed by atoms with van der Waals surface area (Å²) in [6, 6.07) is 26.4. The van der Waals surface area contributed by atoms with Crippen molar-refractivity contribution in [3.05, 3.63) is 135 Å². The predicted octanol–water partition coefficient (Wildman–Crippen LogP) is 9.19.